The van der Waals surface area contributed by atoms with Crippen molar-refractivity contribution < 1.29 is 17.9 Å². The molecule has 6 heteroatoms. The number of sulfone groups is 1. The van der Waals surface area contributed by atoms with E-state index < -0.39 is 9.84 Å². The van der Waals surface area contributed by atoms with E-state index in [9.17, 15) is 13.2 Å². The molecule has 0 radical (unpaired) electrons. The van der Waals surface area contributed by atoms with Crippen molar-refractivity contribution in [1.29, 1.82) is 0 Å². The number of benzene rings is 1. The van der Waals surface area contributed by atoms with Crippen molar-refractivity contribution in [3.05, 3.63) is 29.3 Å². The summed E-state index contributed by atoms with van der Waals surface area (Å²) in [6, 6.07) is 5.25. The van der Waals surface area contributed by atoms with Gasteiger partial charge in [-0.1, -0.05) is 6.07 Å². The number of hydrogen-bond donors (Lipinski definition) is 1. The maximum atomic E-state index is 12.0. The van der Waals surface area contributed by atoms with Crippen LogP contribution in [-0.2, 0) is 9.84 Å². The third-order valence-corrected chi connectivity index (χ3v) is 5.39. The Balaban J connectivity index is 1.95. The number of methoxy groups -OCH3 is 1. The predicted molar refractivity (Wildman–Crippen MR) is 76.8 cm³/mol. The van der Waals surface area contributed by atoms with Crippen LogP contribution in [0.25, 0.3) is 0 Å². The van der Waals surface area contributed by atoms with E-state index in [-0.39, 0.29) is 23.3 Å². The number of rotatable bonds is 4. The van der Waals surface area contributed by atoms with Gasteiger partial charge in [0.15, 0.2) is 9.84 Å². The van der Waals surface area contributed by atoms with Crippen molar-refractivity contribution in [2.75, 3.05) is 25.2 Å². The van der Waals surface area contributed by atoms with Crippen LogP contribution in [0.1, 0.15) is 22.3 Å². The maximum Gasteiger partial charge on any atom is 0.251 e. The van der Waals surface area contributed by atoms with Gasteiger partial charge in [0.1, 0.15) is 5.75 Å². The van der Waals surface area contributed by atoms with Gasteiger partial charge in [0.25, 0.3) is 5.91 Å². The van der Waals surface area contributed by atoms with E-state index in [4.69, 9.17) is 4.74 Å². The van der Waals surface area contributed by atoms with Crippen LogP contribution in [-0.4, -0.2) is 39.5 Å². The summed E-state index contributed by atoms with van der Waals surface area (Å²) in [6.45, 7) is 2.30. The largest absolute Gasteiger partial charge is 0.496 e. The Morgan fingerprint density at radius 1 is 1.45 bits per heavy atom. The lowest BCUT2D eigenvalue weighted by atomic mass is 10.1. The van der Waals surface area contributed by atoms with Gasteiger partial charge in [0.2, 0.25) is 0 Å². The van der Waals surface area contributed by atoms with Gasteiger partial charge >= 0.3 is 0 Å². The van der Waals surface area contributed by atoms with Crippen molar-refractivity contribution in [2.24, 2.45) is 5.92 Å². The molecule has 110 valence electrons. The molecule has 0 aromatic heterocycles. The van der Waals surface area contributed by atoms with Crippen LogP contribution < -0.4 is 10.1 Å². The minimum absolute atomic E-state index is 0.0243. The Morgan fingerprint density at radius 3 is 2.80 bits per heavy atom. The summed E-state index contributed by atoms with van der Waals surface area (Å²) >= 11 is 0. The summed E-state index contributed by atoms with van der Waals surface area (Å²) in [4.78, 5) is 12.0. The molecule has 0 bridgehead atoms. The van der Waals surface area contributed by atoms with Crippen LogP contribution in [0.4, 0.5) is 0 Å². The summed E-state index contributed by atoms with van der Waals surface area (Å²) in [7, 11) is -1.33. The normalized spacial score (nSPS) is 20.6. The molecule has 1 amide bonds. The molecule has 0 aliphatic carbocycles. The van der Waals surface area contributed by atoms with Crippen molar-refractivity contribution in [3.63, 3.8) is 0 Å². The number of ether oxygens (including phenoxy) is 1. The Labute approximate surface area is 119 Å². The molecule has 20 heavy (non-hydrogen) atoms. The lowest BCUT2D eigenvalue weighted by Crippen LogP contribution is -2.29. The highest BCUT2D eigenvalue weighted by atomic mass is 32.2. The van der Waals surface area contributed by atoms with Crippen molar-refractivity contribution in [3.8, 4) is 5.75 Å². The van der Waals surface area contributed by atoms with Gasteiger partial charge in [-0.2, -0.15) is 0 Å². The SMILES string of the molecule is COc1cc(C(=O)NCC2CCS(=O)(=O)C2)ccc1C. The molecule has 1 saturated heterocycles. The molecule has 1 aliphatic heterocycles. The summed E-state index contributed by atoms with van der Waals surface area (Å²) in [6.07, 6.45) is 0.625. The van der Waals surface area contributed by atoms with E-state index in [2.05, 4.69) is 5.32 Å². The summed E-state index contributed by atoms with van der Waals surface area (Å²) in [5, 5.41) is 2.79. The van der Waals surface area contributed by atoms with Gasteiger partial charge in [0.05, 0.1) is 18.6 Å². The minimum Gasteiger partial charge on any atom is -0.496 e. The van der Waals surface area contributed by atoms with Crippen LogP contribution in [0.15, 0.2) is 18.2 Å². The molecule has 1 unspecified atom stereocenters. The monoisotopic (exact) mass is 297 g/mol. The predicted octanol–water partition coefficient (Wildman–Crippen LogP) is 1.17. The second kappa shape index (κ2) is 5.83. The number of aryl methyl sites for hydroxylation is 1. The molecule has 2 rings (SSSR count). The zero-order valence-electron chi connectivity index (χ0n) is 11.7. The quantitative estimate of drug-likeness (QED) is 0.905. The Kier molecular flexibility index (Phi) is 4.32. The first-order valence-electron chi connectivity index (χ1n) is 6.54. The average Bonchev–Trinajstić information content (AvgIpc) is 2.76. The van der Waals surface area contributed by atoms with E-state index in [1.165, 1.54) is 0 Å². The molecule has 1 atom stereocenters. The van der Waals surface area contributed by atoms with Crippen molar-refractivity contribution >= 4 is 15.7 Å². The lowest BCUT2D eigenvalue weighted by molar-refractivity contribution is 0.0948. The third kappa shape index (κ3) is 3.50. The van der Waals surface area contributed by atoms with Crippen LogP contribution in [0, 0.1) is 12.8 Å². The molecule has 1 fully saturated rings. The first-order chi connectivity index (χ1) is 9.41. The highest BCUT2D eigenvalue weighted by Crippen LogP contribution is 2.20. The Morgan fingerprint density at radius 2 is 2.20 bits per heavy atom. The second-order valence-electron chi connectivity index (χ2n) is 5.16. The van der Waals surface area contributed by atoms with Gasteiger partial charge in [-0.3, -0.25) is 4.79 Å². The molecule has 0 spiro atoms. The first-order valence-corrected chi connectivity index (χ1v) is 8.36. The van der Waals surface area contributed by atoms with Gasteiger partial charge in [-0.15, -0.1) is 0 Å². The van der Waals surface area contributed by atoms with Crippen LogP contribution in [0.5, 0.6) is 5.75 Å². The highest BCUT2D eigenvalue weighted by molar-refractivity contribution is 7.91. The van der Waals surface area contributed by atoms with E-state index >= 15 is 0 Å². The molecule has 1 aliphatic rings. The fraction of sp³-hybridized carbons (Fsp3) is 0.500. The van der Waals surface area contributed by atoms with Gasteiger partial charge < -0.3 is 10.1 Å². The molecule has 1 heterocycles. The second-order valence-corrected chi connectivity index (χ2v) is 7.39. The van der Waals surface area contributed by atoms with Crippen LogP contribution in [0.2, 0.25) is 0 Å². The van der Waals surface area contributed by atoms with Crippen LogP contribution in [0.3, 0.4) is 0 Å². The van der Waals surface area contributed by atoms with E-state index in [0.717, 1.165) is 5.56 Å². The number of hydrogen-bond acceptors (Lipinski definition) is 4. The minimum atomic E-state index is -2.90. The van der Waals surface area contributed by atoms with Crippen molar-refractivity contribution in [2.45, 2.75) is 13.3 Å². The summed E-state index contributed by atoms with van der Waals surface area (Å²) in [5.74, 6) is 0.890. The molecule has 1 N–H and O–H groups in total. The first kappa shape index (κ1) is 14.8. The van der Waals surface area contributed by atoms with Gasteiger partial charge in [-0.05, 0) is 37.0 Å². The Bertz CT molecular complexity index is 610. The third-order valence-electron chi connectivity index (χ3n) is 3.55. The lowest BCUT2D eigenvalue weighted by Gasteiger charge is -2.11. The molecule has 0 saturated carbocycles. The van der Waals surface area contributed by atoms with Gasteiger partial charge in [0, 0.05) is 12.1 Å². The molecular formula is C14H19NO4S. The topological polar surface area (TPSA) is 72.5 Å². The van der Waals surface area contributed by atoms with E-state index in [1.54, 1.807) is 19.2 Å². The fourth-order valence-corrected chi connectivity index (χ4v) is 4.20. The standard InChI is InChI=1S/C14H19NO4S/c1-10-3-4-12(7-13(10)19-2)14(16)15-8-11-5-6-20(17,18)9-11/h3-4,7,11H,5-6,8-9H2,1-2H3,(H,15,16). The highest BCUT2D eigenvalue weighted by Gasteiger charge is 2.28. The Hall–Kier alpha value is -1.56. The average molecular weight is 297 g/mol. The molecule has 5 nitrogen and oxygen atoms in total. The molecule has 1 aromatic rings. The molecule has 1 aromatic carbocycles. The van der Waals surface area contributed by atoms with Crippen LogP contribution >= 0.6 is 0 Å². The van der Waals surface area contributed by atoms with E-state index in [0.29, 0.717) is 24.3 Å². The summed E-state index contributed by atoms with van der Waals surface area (Å²) in [5.41, 5.74) is 1.49. The smallest absolute Gasteiger partial charge is 0.251 e. The number of carbonyl (C=O) groups excluding carboxylic acids is 1. The summed E-state index contributed by atoms with van der Waals surface area (Å²) < 4.78 is 27.9. The van der Waals surface area contributed by atoms with Crippen molar-refractivity contribution in [1.82, 2.24) is 5.32 Å². The zero-order chi connectivity index (χ0) is 14.8. The number of nitrogens with one attached hydrogen (secondary N) is 1. The zero-order valence-corrected chi connectivity index (χ0v) is 12.5. The number of amides is 1. The molecular weight excluding hydrogens is 278 g/mol. The van der Waals surface area contributed by atoms with E-state index in [1.807, 2.05) is 13.0 Å². The number of carbonyl (C=O) groups is 1. The fourth-order valence-electron chi connectivity index (χ4n) is 2.33. The maximum absolute atomic E-state index is 12.0. The van der Waals surface area contributed by atoms with Gasteiger partial charge in [-0.25, -0.2) is 8.42 Å².